The first-order chi connectivity index (χ1) is 14.2. The molecule has 0 atom stereocenters. The SMILES string of the molecule is Cc1c(F)cc(C(=O)N2CCN(CC(=O)Nc3ccc(F)cc3)CC2)cc1[N+](=O)[O-]. The van der Waals surface area contributed by atoms with Crippen LogP contribution in [-0.4, -0.2) is 59.3 Å². The van der Waals surface area contributed by atoms with Crippen molar-refractivity contribution in [1.82, 2.24) is 9.80 Å². The molecule has 1 N–H and O–H groups in total. The van der Waals surface area contributed by atoms with Crippen LogP contribution in [0.25, 0.3) is 0 Å². The first kappa shape index (κ1) is 21.3. The van der Waals surface area contributed by atoms with Gasteiger partial charge in [0.2, 0.25) is 5.91 Å². The van der Waals surface area contributed by atoms with Crippen molar-refractivity contribution < 1.29 is 23.3 Å². The molecule has 2 aromatic carbocycles. The summed E-state index contributed by atoms with van der Waals surface area (Å²) in [5.74, 6) is -1.96. The van der Waals surface area contributed by atoms with Gasteiger partial charge in [-0.25, -0.2) is 8.78 Å². The smallest absolute Gasteiger partial charge is 0.276 e. The number of nitrogens with zero attached hydrogens (tertiary/aromatic N) is 3. The molecule has 0 aliphatic carbocycles. The number of rotatable bonds is 5. The standard InChI is InChI=1S/C20H20F2N4O4/c1-13-17(22)10-14(11-18(13)26(29)30)20(28)25-8-6-24(7-9-25)12-19(27)23-16-4-2-15(21)3-5-16/h2-5,10-11H,6-9,12H2,1H3,(H,23,27). The molecule has 30 heavy (non-hydrogen) atoms. The summed E-state index contributed by atoms with van der Waals surface area (Å²) >= 11 is 0. The monoisotopic (exact) mass is 418 g/mol. The largest absolute Gasteiger partial charge is 0.336 e. The second-order valence-electron chi connectivity index (χ2n) is 6.98. The Hall–Kier alpha value is -3.40. The van der Waals surface area contributed by atoms with Crippen LogP contribution in [0.5, 0.6) is 0 Å². The average Bonchev–Trinajstić information content (AvgIpc) is 2.71. The minimum atomic E-state index is -0.802. The number of nitro groups is 1. The van der Waals surface area contributed by atoms with Gasteiger partial charge in [-0.3, -0.25) is 24.6 Å². The maximum absolute atomic E-state index is 14.0. The highest BCUT2D eigenvalue weighted by molar-refractivity contribution is 5.95. The molecule has 0 spiro atoms. The topological polar surface area (TPSA) is 95.8 Å². The number of amides is 2. The Morgan fingerprint density at radius 1 is 1.10 bits per heavy atom. The van der Waals surface area contributed by atoms with E-state index < -0.39 is 28.2 Å². The fourth-order valence-electron chi connectivity index (χ4n) is 3.21. The number of hydrogen-bond acceptors (Lipinski definition) is 5. The number of carbonyl (C=O) groups excluding carboxylic acids is 2. The number of nitrogens with one attached hydrogen (secondary N) is 1. The fraction of sp³-hybridized carbons (Fsp3) is 0.300. The highest BCUT2D eigenvalue weighted by atomic mass is 19.1. The van der Waals surface area contributed by atoms with E-state index in [-0.39, 0.29) is 23.6 Å². The molecule has 1 heterocycles. The van der Waals surface area contributed by atoms with Gasteiger partial charge in [-0.05, 0) is 37.3 Å². The van der Waals surface area contributed by atoms with E-state index in [1.165, 1.54) is 36.1 Å². The molecule has 10 heteroatoms. The normalized spacial score (nSPS) is 14.4. The van der Waals surface area contributed by atoms with Gasteiger partial charge in [-0.2, -0.15) is 0 Å². The van der Waals surface area contributed by atoms with Gasteiger partial charge in [0.15, 0.2) is 0 Å². The average molecular weight is 418 g/mol. The molecular weight excluding hydrogens is 398 g/mol. The van der Waals surface area contributed by atoms with Crippen molar-refractivity contribution in [3.63, 3.8) is 0 Å². The summed E-state index contributed by atoms with van der Waals surface area (Å²) in [5, 5.41) is 13.7. The zero-order valence-electron chi connectivity index (χ0n) is 16.2. The molecule has 2 amide bonds. The van der Waals surface area contributed by atoms with Gasteiger partial charge in [0.05, 0.1) is 17.0 Å². The van der Waals surface area contributed by atoms with E-state index in [9.17, 15) is 28.5 Å². The molecule has 158 valence electrons. The van der Waals surface area contributed by atoms with E-state index in [0.717, 1.165) is 12.1 Å². The molecule has 0 aromatic heterocycles. The van der Waals surface area contributed by atoms with Crippen molar-refractivity contribution >= 4 is 23.2 Å². The Bertz CT molecular complexity index is 974. The number of benzene rings is 2. The van der Waals surface area contributed by atoms with Crippen molar-refractivity contribution in [2.45, 2.75) is 6.92 Å². The number of halogens is 2. The van der Waals surface area contributed by atoms with Crippen molar-refractivity contribution in [3.05, 3.63) is 69.3 Å². The van der Waals surface area contributed by atoms with Crippen LogP contribution >= 0.6 is 0 Å². The molecule has 1 saturated heterocycles. The number of carbonyl (C=O) groups is 2. The van der Waals surface area contributed by atoms with Crippen molar-refractivity contribution in [2.75, 3.05) is 38.0 Å². The Balaban J connectivity index is 1.56. The van der Waals surface area contributed by atoms with Gasteiger partial charge in [-0.1, -0.05) is 0 Å². The predicted molar refractivity (Wildman–Crippen MR) is 105 cm³/mol. The lowest BCUT2D eigenvalue weighted by Crippen LogP contribution is -2.50. The Kier molecular flexibility index (Phi) is 6.36. The van der Waals surface area contributed by atoms with E-state index in [0.29, 0.717) is 31.9 Å². The summed E-state index contributed by atoms with van der Waals surface area (Å²) in [5.41, 5.74) is -0.145. The summed E-state index contributed by atoms with van der Waals surface area (Å²) in [7, 11) is 0. The van der Waals surface area contributed by atoms with Crippen molar-refractivity contribution in [1.29, 1.82) is 0 Å². The quantitative estimate of drug-likeness (QED) is 0.595. The maximum Gasteiger partial charge on any atom is 0.276 e. The molecule has 0 bridgehead atoms. The molecule has 1 aliphatic heterocycles. The van der Waals surface area contributed by atoms with Gasteiger partial charge >= 0.3 is 0 Å². The van der Waals surface area contributed by atoms with E-state index >= 15 is 0 Å². The van der Waals surface area contributed by atoms with Crippen LogP contribution in [0, 0.1) is 28.7 Å². The lowest BCUT2D eigenvalue weighted by atomic mass is 10.1. The molecule has 1 aliphatic rings. The van der Waals surface area contributed by atoms with Crippen LogP contribution in [0.1, 0.15) is 15.9 Å². The molecular formula is C20H20F2N4O4. The first-order valence-corrected chi connectivity index (χ1v) is 9.26. The number of hydrogen-bond donors (Lipinski definition) is 1. The highest BCUT2D eigenvalue weighted by Gasteiger charge is 2.26. The highest BCUT2D eigenvalue weighted by Crippen LogP contribution is 2.24. The van der Waals surface area contributed by atoms with Crippen LogP contribution < -0.4 is 5.32 Å². The third kappa shape index (κ3) is 4.95. The second kappa shape index (κ2) is 8.95. The van der Waals surface area contributed by atoms with Gasteiger partial charge in [-0.15, -0.1) is 0 Å². The van der Waals surface area contributed by atoms with E-state index in [1.54, 1.807) is 0 Å². The van der Waals surface area contributed by atoms with Crippen LogP contribution in [0.2, 0.25) is 0 Å². The zero-order valence-corrected chi connectivity index (χ0v) is 16.2. The summed E-state index contributed by atoms with van der Waals surface area (Å²) in [6.45, 7) is 2.82. The van der Waals surface area contributed by atoms with Crippen LogP contribution in [0.15, 0.2) is 36.4 Å². The van der Waals surface area contributed by atoms with E-state index in [1.807, 2.05) is 4.90 Å². The van der Waals surface area contributed by atoms with Crippen LogP contribution in [0.4, 0.5) is 20.2 Å². The van der Waals surface area contributed by atoms with Gasteiger partial charge in [0.1, 0.15) is 11.6 Å². The fourth-order valence-corrected chi connectivity index (χ4v) is 3.21. The van der Waals surface area contributed by atoms with E-state index in [2.05, 4.69) is 5.32 Å². The molecule has 2 aromatic rings. The summed E-state index contributed by atoms with van der Waals surface area (Å²) in [6, 6.07) is 7.51. The maximum atomic E-state index is 14.0. The second-order valence-corrected chi connectivity index (χ2v) is 6.98. The van der Waals surface area contributed by atoms with E-state index in [4.69, 9.17) is 0 Å². The molecule has 1 fully saturated rings. The molecule has 0 radical (unpaired) electrons. The predicted octanol–water partition coefficient (Wildman–Crippen LogP) is 2.58. The lowest BCUT2D eigenvalue weighted by molar-refractivity contribution is -0.385. The summed E-state index contributed by atoms with van der Waals surface area (Å²) < 4.78 is 26.9. The van der Waals surface area contributed by atoms with Crippen LogP contribution in [-0.2, 0) is 4.79 Å². The first-order valence-electron chi connectivity index (χ1n) is 9.26. The molecule has 8 nitrogen and oxygen atoms in total. The Labute approximate surface area is 171 Å². The van der Waals surface area contributed by atoms with Crippen LogP contribution in [0.3, 0.4) is 0 Å². The number of nitro benzene ring substituents is 1. The van der Waals surface area contributed by atoms with Gasteiger partial charge in [0, 0.05) is 43.5 Å². The molecule has 0 unspecified atom stereocenters. The zero-order chi connectivity index (χ0) is 21.8. The number of anilines is 1. The molecule has 0 saturated carbocycles. The Morgan fingerprint density at radius 2 is 1.73 bits per heavy atom. The van der Waals surface area contributed by atoms with Gasteiger partial charge < -0.3 is 10.2 Å². The Morgan fingerprint density at radius 3 is 2.33 bits per heavy atom. The summed E-state index contributed by atoms with van der Waals surface area (Å²) in [6.07, 6.45) is 0. The third-order valence-electron chi connectivity index (χ3n) is 4.92. The lowest BCUT2D eigenvalue weighted by Gasteiger charge is -2.34. The third-order valence-corrected chi connectivity index (χ3v) is 4.92. The number of piperazine rings is 1. The van der Waals surface area contributed by atoms with Gasteiger partial charge in [0.25, 0.3) is 11.6 Å². The van der Waals surface area contributed by atoms with Crippen molar-refractivity contribution in [2.24, 2.45) is 0 Å². The summed E-state index contributed by atoms with van der Waals surface area (Å²) in [4.78, 5) is 38.5. The van der Waals surface area contributed by atoms with Crippen molar-refractivity contribution in [3.8, 4) is 0 Å². The molecule has 3 rings (SSSR count). The minimum absolute atomic E-state index is 0.0766. The minimum Gasteiger partial charge on any atom is -0.336 e.